The molecule has 0 spiro atoms. The van der Waals surface area contributed by atoms with Crippen molar-refractivity contribution in [2.45, 2.75) is 27.3 Å². The number of hydrogen-bond donors (Lipinski definition) is 1. The Morgan fingerprint density at radius 2 is 1.89 bits per heavy atom. The molecule has 0 bridgehead atoms. The van der Waals surface area contributed by atoms with Crippen molar-refractivity contribution in [3.05, 3.63) is 76.5 Å². The Labute approximate surface area is 157 Å². The lowest BCUT2D eigenvalue weighted by Crippen LogP contribution is -2.15. The first-order chi connectivity index (χ1) is 12.9. The molecule has 3 aromatic rings. The van der Waals surface area contributed by atoms with Crippen LogP contribution in [0, 0.1) is 20.8 Å². The number of ether oxygens (including phenoxy) is 1. The minimum absolute atomic E-state index is 0.0386. The average molecular weight is 367 g/mol. The number of Topliss-reactive ketones (excluding diaryl/α,β-unsaturated/α-hetero) is 1. The molecule has 3 rings (SSSR count). The molecule has 2 aromatic heterocycles. The van der Waals surface area contributed by atoms with Gasteiger partial charge in [-0.15, -0.1) is 0 Å². The number of aromatic nitrogens is 1. The van der Waals surface area contributed by atoms with Gasteiger partial charge in [-0.1, -0.05) is 6.07 Å². The van der Waals surface area contributed by atoms with Gasteiger partial charge < -0.3 is 18.8 Å². The summed E-state index contributed by atoms with van der Waals surface area (Å²) in [5.74, 6) is -0.403. The Bertz CT molecular complexity index is 982. The Morgan fingerprint density at radius 3 is 2.56 bits per heavy atom. The molecule has 2 heterocycles. The SMILES string of the molecule is Cc1ccc(C(=O)OCC(=O)c2cc(C)n(Cc3ccco3)c2C)c(O)c1. The third-order valence-corrected chi connectivity index (χ3v) is 4.48. The van der Waals surface area contributed by atoms with Crippen LogP contribution in [0.5, 0.6) is 5.75 Å². The number of nitrogens with zero attached hydrogens (tertiary/aromatic N) is 1. The highest BCUT2D eigenvalue weighted by Crippen LogP contribution is 2.21. The van der Waals surface area contributed by atoms with Crippen LogP contribution in [0.15, 0.2) is 47.1 Å². The molecule has 0 aliphatic heterocycles. The number of ketones is 1. The smallest absolute Gasteiger partial charge is 0.342 e. The molecule has 0 amide bonds. The van der Waals surface area contributed by atoms with Crippen LogP contribution < -0.4 is 0 Å². The standard InChI is InChI=1S/C21H21NO5/c1-13-6-7-17(19(23)9-13)21(25)27-12-20(24)18-10-14(2)22(15(18)3)11-16-5-4-8-26-16/h4-10,23H,11-12H2,1-3H3. The number of phenols is 1. The molecule has 0 atom stereocenters. The van der Waals surface area contributed by atoms with E-state index >= 15 is 0 Å². The number of carbonyl (C=O) groups excluding carboxylic acids is 2. The third-order valence-electron chi connectivity index (χ3n) is 4.48. The maximum Gasteiger partial charge on any atom is 0.342 e. The normalized spacial score (nSPS) is 10.8. The molecule has 0 aliphatic carbocycles. The molecule has 1 aromatic carbocycles. The van der Waals surface area contributed by atoms with Gasteiger partial charge in [-0.25, -0.2) is 4.79 Å². The Kier molecular flexibility index (Phi) is 5.16. The van der Waals surface area contributed by atoms with E-state index in [1.165, 1.54) is 12.1 Å². The molecule has 6 heteroatoms. The van der Waals surface area contributed by atoms with E-state index in [4.69, 9.17) is 9.15 Å². The lowest BCUT2D eigenvalue weighted by molar-refractivity contribution is 0.0471. The molecular formula is C21H21NO5. The highest BCUT2D eigenvalue weighted by atomic mass is 16.5. The largest absolute Gasteiger partial charge is 0.507 e. The van der Waals surface area contributed by atoms with Crippen molar-refractivity contribution in [1.82, 2.24) is 4.57 Å². The number of esters is 1. The van der Waals surface area contributed by atoms with Crippen LogP contribution in [-0.4, -0.2) is 28.0 Å². The van der Waals surface area contributed by atoms with E-state index in [1.54, 1.807) is 25.3 Å². The second kappa shape index (κ2) is 7.53. The summed E-state index contributed by atoms with van der Waals surface area (Å²) in [7, 11) is 0. The lowest BCUT2D eigenvalue weighted by atomic mass is 10.1. The Morgan fingerprint density at radius 1 is 1.11 bits per heavy atom. The molecule has 0 unspecified atom stereocenters. The summed E-state index contributed by atoms with van der Waals surface area (Å²) >= 11 is 0. The quantitative estimate of drug-likeness (QED) is 0.529. The van der Waals surface area contributed by atoms with Gasteiger partial charge in [0.2, 0.25) is 5.78 Å². The minimum atomic E-state index is -0.731. The summed E-state index contributed by atoms with van der Waals surface area (Å²) in [4.78, 5) is 24.7. The molecule has 0 radical (unpaired) electrons. The molecule has 0 saturated heterocycles. The monoisotopic (exact) mass is 367 g/mol. The van der Waals surface area contributed by atoms with Crippen molar-refractivity contribution < 1.29 is 23.8 Å². The van der Waals surface area contributed by atoms with Gasteiger partial charge in [0.15, 0.2) is 6.61 Å². The van der Waals surface area contributed by atoms with E-state index in [0.29, 0.717) is 12.1 Å². The molecule has 1 N–H and O–H groups in total. The molecule has 0 saturated carbocycles. The van der Waals surface area contributed by atoms with Crippen molar-refractivity contribution >= 4 is 11.8 Å². The van der Waals surface area contributed by atoms with E-state index in [-0.39, 0.29) is 17.1 Å². The fourth-order valence-corrected chi connectivity index (χ4v) is 2.99. The topological polar surface area (TPSA) is 81.7 Å². The molecule has 0 aliphatic rings. The van der Waals surface area contributed by atoms with Crippen molar-refractivity contribution in [3.8, 4) is 5.75 Å². The van der Waals surface area contributed by atoms with E-state index in [9.17, 15) is 14.7 Å². The third kappa shape index (κ3) is 3.95. The summed E-state index contributed by atoms with van der Waals surface area (Å²) in [5, 5.41) is 9.85. The van der Waals surface area contributed by atoms with Gasteiger partial charge in [-0.2, -0.15) is 0 Å². The van der Waals surface area contributed by atoms with Crippen molar-refractivity contribution in [2.75, 3.05) is 6.61 Å². The zero-order valence-corrected chi connectivity index (χ0v) is 15.5. The number of aromatic hydroxyl groups is 1. The summed E-state index contributed by atoms with van der Waals surface area (Å²) in [5.41, 5.74) is 3.05. The number of hydrogen-bond acceptors (Lipinski definition) is 5. The van der Waals surface area contributed by atoms with Gasteiger partial charge in [0.05, 0.1) is 12.8 Å². The fraction of sp³-hybridized carbons (Fsp3) is 0.238. The van der Waals surface area contributed by atoms with Crippen LogP contribution in [0.4, 0.5) is 0 Å². The van der Waals surface area contributed by atoms with E-state index in [1.807, 2.05) is 30.5 Å². The first-order valence-corrected chi connectivity index (χ1v) is 8.56. The van der Waals surface area contributed by atoms with Gasteiger partial charge in [0, 0.05) is 17.0 Å². The van der Waals surface area contributed by atoms with E-state index in [2.05, 4.69) is 0 Å². The van der Waals surface area contributed by atoms with Crippen LogP contribution in [0.25, 0.3) is 0 Å². The van der Waals surface area contributed by atoms with Crippen molar-refractivity contribution in [1.29, 1.82) is 0 Å². The number of carbonyl (C=O) groups is 2. The Balaban J connectivity index is 1.70. The molecular weight excluding hydrogens is 346 g/mol. The zero-order chi connectivity index (χ0) is 19.6. The van der Waals surface area contributed by atoms with Crippen LogP contribution >= 0.6 is 0 Å². The lowest BCUT2D eigenvalue weighted by Gasteiger charge is -2.08. The molecule has 0 fully saturated rings. The van der Waals surface area contributed by atoms with Crippen LogP contribution in [0.1, 0.15) is 43.4 Å². The number of furan rings is 1. The molecule has 140 valence electrons. The van der Waals surface area contributed by atoms with Crippen LogP contribution in [0.2, 0.25) is 0 Å². The highest BCUT2D eigenvalue weighted by molar-refractivity contribution is 6.01. The number of phenolic OH excluding ortho intramolecular Hbond substituents is 1. The maximum absolute atomic E-state index is 12.5. The predicted octanol–water partition coefficient (Wildman–Crippen LogP) is 3.80. The van der Waals surface area contributed by atoms with E-state index < -0.39 is 12.6 Å². The molecule has 6 nitrogen and oxygen atoms in total. The van der Waals surface area contributed by atoms with Crippen molar-refractivity contribution in [2.24, 2.45) is 0 Å². The zero-order valence-electron chi connectivity index (χ0n) is 15.5. The number of rotatable bonds is 6. The summed E-state index contributed by atoms with van der Waals surface area (Å²) in [6.07, 6.45) is 1.61. The average Bonchev–Trinajstić information content (AvgIpc) is 3.23. The van der Waals surface area contributed by atoms with E-state index in [0.717, 1.165) is 22.7 Å². The van der Waals surface area contributed by atoms with Gasteiger partial charge in [0.25, 0.3) is 0 Å². The Hall–Kier alpha value is -3.28. The predicted molar refractivity (Wildman–Crippen MR) is 99.2 cm³/mol. The number of aryl methyl sites for hydroxylation is 2. The maximum atomic E-state index is 12.5. The minimum Gasteiger partial charge on any atom is -0.507 e. The van der Waals surface area contributed by atoms with Gasteiger partial charge in [-0.3, -0.25) is 4.79 Å². The molecule has 27 heavy (non-hydrogen) atoms. The van der Waals surface area contributed by atoms with Gasteiger partial charge >= 0.3 is 5.97 Å². The van der Waals surface area contributed by atoms with Gasteiger partial charge in [-0.05, 0) is 56.7 Å². The van der Waals surface area contributed by atoms with Crippen LogP contribution in [-0.2, 0) is 11.3 Å². The fourth-order valence-electron chi connectivity index (χ4n) is 2.99. The highest BCUT2D eigenvalue weighted by Gasteiger charge is 2.19. The first kappa shape index (κ1) is 18.5. The summed E-state index contributed by atoms with van der Waals surface area (Å²) in [6.45, 7) is 5.68. The first-order valence-electron chi connectivity index (χ1n) is 8.56. The number of benzene rings is 1. The van der Waals surface area contributed by atoms with Gasteiger partial charge in [0.1, 0.15) is 17.1 Å². The summed E-state index contributed by atoms with van der Waals surface area (Å²) < 4.78 is 12.4. The summed E-state index contributed by atoms with van der Waals surface area (Å²) in [6, 6.07) is 10.1. The second-order valence-corrected chi connectivity index (χ2v) is 6.47. The van der Waals surface area contributed by atoms with Crippen LogP contribution in [0.3, 0.4) is 0 Å². The second-order valence-electron chi connectivity index (χ2n) is 6.47. The van der Waals surface area contributed by atoms with Crippen molar-refractivity contribution in [3.63, 3.8) is 0 Å².